The van der Waals surface area contributed by atoms with Crippen molar-refractivity contribution in [3.8, 4) is 0 Å². The molecule has 4 nitrogen and oxygen atoms in total. The van der Waals surface area contributed by atoms with Crippen molar-refractivity contribution in [2.45, 2.75) is 57.7 Å². The summed E-state index contributed by atoms with van der Waals surface area (Å²) in [5.74, 6) is 0.391. The van der Waals surface area contributed by atoms with Crippen molar-refractivity contribution >= 4 is 5.91 Å². The molecule has 0 radical (unpaired) electrons. The third kappa shape index (κ3) is 2.77. The predicted octanol–water partition coefficient (Wildman–Crippen LogP) is 3.00. The number of carbonyl (C=O) groups excluding carboxylic acids is 1. The van der Waals surface area contributed by atoms with E-state index < -0.39 is 0 Å². The molecule has 24 heavy (non-hydrogen) atoms. The van der Waals surface area contributed by atoms with Gasteiger partial charge in [-0.05, 0) is 43.7 Å². The number of hydrogen-bond donors (Lipinski definition) is 0. The summed E-state index contributed by atoms with van der Waals surface area (Å²) in [5, 5.41) is 0. The van der Waals surface area contributed by atoms with Gasteiger partial charge in [-0.1, -0.05) is 25.1 Å². The van der Waals surface area contributed by atoms with E-state index in [1.165, 1.54) is 5.56 Å². The van der Waals surface area contributed by atoms with Crippen molar-refractivity contribution in [1.82, 2.24) is 14.8 Å². The van der Waals surface area contributed by atoms with Crippen LogP contribution in [-0.2, 0) is 11.3 Å². The summed E-state index contributed by atoms with van der Waals surface area (Å²) < 4.78 is 0. The number of carbonyl (C=O) groups is 1. The first-order valence-electron chi connectivity index (χ1n) is 9.26. The smallest absolute Gasteiger partial charge is 0.229 e. The Hall–Kier alpha value is -1.68. The molecule has 2 fully saturated rings. The van der Waals surface area contributed by atoms with Crippen molar-refractivity contribution in [3.05, 3.63) is 42.2 Å². The number of hydrogen-bond acceptors (Lipinski definition) is 3. The Morgan fingerprint density at radius 1 is 1.29 bits per heavy atom. The van der Waals surface area contributed by atoms with E-state index in [1.807, 2.05) is 18.5 Å². The number of nitrogens with zero attached hydrogens (tertiary/aromatic N) is 3. The number of likely N-dealkylation sites (tertiary alicyclic amines) is 2. The zero-order valence-corrected chi connectivity index (χ0v) is 14.5. The van der Waals surface area contributed by atoms with E-state index in [0.29, 0.717) is 18.0 Å². The Labute approximate surface area is 144 Å². The lowest BCUT2D eigenvalue weighted by molar-refractivity contribution is -0.142. The third-order valence-electron chi connectivity index (χ3n) is 6.17. The predicted molar refractivity (Wildman–Crippen MR) is 94.3 cm³/mol. The van der Waals surface area contributed by atoms with Crippen LogP contribution < -0.4 is 0 Å². The second kappa shape index (κ2) is 6.32. The molecule has 1 aromatic rings. The largest absolute Gasteiger partial charge is 0.338 e. The molecule has 128 valence electrons. The first-order chi connectivity index (χ1) is 11.7. The average Bonchev–Trinajstić information content (AvgIpc) is 3.19. The molecule has 4 rings (SSSR count). The minimum Gasteiger partial charge on any atom is -0.338 e. The van der Waals surface area contributed by atoms with E-state index in [1.54, 1.807) is 0 Å². The highest BCUT2D eigenvalue weighted by molar-refractivity contribution is 5.83. The minimum atomic E-state index is -0.180. The second-order valence-corrected chi connectivity index (χ2v) is 7.82. The Balaban J connectivity index is 1.44. The molecule has 3 aliphatic rings. The maximum atomic E-state index is 13.2. The summed E-state index contributed by atoms with van der Waals surface area (Å²) in [6, 6.07) is 5.09. The number of amides is 1. The topological polar surface area (TPSA) is 36.4 Å². The molecule has 0 N–H and O–H groups in total. The maximum absolute atomic E-state index is 13.2. The van der Waals surface area contributed by atoms with Crippen LogP contribution in [0.5, 0.6) is 0 Å². The van der Waals surface area contributed by atoms with Gasteiger partial charge in [0, 0.05) is 44.1 Å². The molecule has 1 aromatic heterocycles. The van der Waals surface area contributed by atoms with Crippen molar-refractivity contribution in [3.63, 3.8) is 0 Å². The van der Waals surface area contributed by atoms with Crippen LogP contribution in [0.3, 0.4) is 0 Å². The highest BCUT2D eigenvalue weighted by Gasteiger charge is 2.48. The lowest BCUT2D eigenvalue weighted by atomic mass is 9.77. The standard InChI is InChI=1S/C20H27N3O/c1-20(9-3-2-4-10-20)19(24)23-13-8-17-18(23)7-12-22(17)15-16-6-5-11-21-14-16/h2-3,5-6,11,14,17-18H,4,7-10,12-13,15H2,1H3/t17-,18+,20?/m0/s1. The fraction of sp³-hybridized carbons (Fsp3) is 0.600. The Bertz CT molecular complexity index is 629. The molecule has 0 bridgehead atoms. The van der Waals surface area contributed by atoms with E-state index >= 15 is 0 Å². The summed E-state index contributed by atoms with van der Waals surface area (Å²) >= 11 is 0. The number of allylic oxidation sites excluding steroid dienone is 2. The molecule has 0 aromatic carbocycles. The molecule has 2 saturated heterocycles. The average molecular weight is 325 g/mol. The molecular weight excluding hydrogens is 298 g/mol. The first kappa shape index (κ1) is 15.8. The zero-order valence-electron chi connectivity index (χ0n) is 14.5. The highest BCUT2D eigenvalue weighted by Crippen LogP contribution is 2.39. The van der Waals surface area contributed by atoms with Gasteiger partial charge in [0.1, 0.15) is 0 Å². The Morgan fingerprint density at radius 2 is 2.17 bits per heavy atom. The summed E-state index contributed by atoms with van der Waals surface area (Å²) in [5.41, 5.74) is 1.09. The van der Waals surface area contributed by atoms with Crippen LogP contribution in [0.25, 0.3) is 0 Å². The second-order valence-electron chi connectivity index (χ2n) is 7.82. The molecule has 1 amide bonds. The van der Waals surface area contributed by atoms with Crippen molar-refractivity contribution < 1.29 is 4.79 Å². The highest BCUT2D eigenvalue weighted by atomic mass is 16.2. The van der Waals surface area contributed by atoms with Crippen LogP contribution in [0, 0.1) is 5.41 Å². The van der Waals surface area contributed by atoms with Gasteiger partial charge in [0.25, 0.3) is 0 Å². The van der Waals surface area contributed by atoms with Crippen LogP contribution in [0.15, 0.2) is 36.7 Å². The normalized spacial score (nSPS) is 33.0. The van der Waals surface area contributed by atoms with E-state index in [0.717, 1.165) is 51.7 Å². The molecule has 3 heterocycles. The summed E-state index contributed by atoms with van der Waals surface area (Å²) in [6.07, 6.45) is 13.4. The quantitative estimate of drug-likeness (QED) is 0.802. The summed E-state index contributed by atoms with van der Waals surface area (Å²) in [4.78, 5) is 22.2. The molecule has 0 spiro atoms. The van der Waals surface area contributed by atoms with Gasteiger partial charge < -0.3 is 4.90 Å². The van der Waals surface area contributed by atoms with Gasteiger partial charge in [-0.2, -0.15) is 0 Å². The lowest BCUT2D eigenvalue weighted by Gasteiger charge is -2.36. The molecule has 2 aliphatic heterocycles. The van der Waals surface area contributed by atoms with Gasteiger partial charge >= 0.3 is 0 Å². The Kier molecular flexibility index (Phi) is 4.17. The minimum absolute atomic E-state index is 0.180. The van der Waals surface area contributed by atoms with Crippen molar-refractivity contribution in [2.75, 3.05) is 13.1 Å². The van der Waals surface area contributed by atoms with Gasteiger partial charge in [0.05, 0.1) is 5.41 Å². The van der Waals surface area contributed by atoms with Gasteiger partial charge in [-0.25, -0.2) is 0 Å². The molecule has 1 unspecified atom stereocenters. The fourth-order valence-corrected chi connectivity index (χ4v) is 4.76. The number of aromatic nitrogens is 1. The van der Waals surface area contributed by atoms with E-state index in [-0.39, 0.29) is 5.41 Å². The van der Waals surface area contributed by atoms with Crippen LogP contribution in [-0.4, -0.2) is 45.9 Å². The molecule has 3 atom stereocenters. The molecule has 4 heteroatoms. The first-order valence-corrected chi connectivity index (χ1v) is 9.26. The van der Waals surface area contributed by atoms with Crippen LogP contribution in [0.1, 0.15) is 44.6 Å². The van der Waals surface area contributed by atoms with Gasteiger partial charge in [0.15, 0.2) is 0 Å². The van der Waals surface area contributed by atoms with Crippen molar-refractivity contribution in [1.29, 1.82) is 0 Å². The third-order valence-corrected chi connectivity index (χ3v) is 6.17. The summed E-state index contributed by atoms with van der Waals surface area (Å²) in [6.45, 7) is 5.13. The Morgan fingerprint density at radius 3 is 2.92 bits per heavy atom. The van der Waals surface area contributed by atoms with E-state index in [4.69, 9.17) is 0 Å². The number of rotatable bonds is 3. The number of fused-ring (bicyclic) bond motifs is 1. The van der Waals surface area contributed by atoms with Gasteiger partial charge in [-0.15, -0.1) is 0 Å². The van der Waals surface area contributed by atoms with Gasteiger partial charge in [0.2, 0.25) is 5.91 Å². The van der Waals surface area contributed by atoms with E-state index in [9.17, 15) is 4.79 Å². The molecule has 1 aliphatic carbocycles. The molecular formula is C20H27N3O. The number of pyridine rings is 1. The fourth-order valence-electron chi connectivity index (χ4n) is 4.76. The van der Waals surface area contributed by atoms with Gasteiger partial charge in [-0.3, -0.25) is 14.7 Å². The lowest BCUT2D eigenvalue weighted by Crippen LogP contribution is -2.46. The zero-order chi connectivity index (χ0) is 16.6. The van der Waals surface area contributed by atoms with Crippen LogP contribution in [0.2, 0.25) is 0 Å². The monoisotopic (exact) mass is 325 g/mol. The molecule has 0 saturated carbocycles. The van der Waals surface area contributed by atoms with Crippen molar-refractivity contribution in [2.24, 2.45) is 5.41 Å². The van der Waals surface area contributed by atoms with Crippen LogP contribution in [0.4, 0.5) is 0 Å². The SMILES string of the molecule is CC1(C(=O)N2CC[C@H]3[C@H]2CCN3Cc2cccnc2)CC=CCC1. The summed E-state index contributed by atoms with van der Waals surface area (Å²) in [7, 11) is 0. The maximum Gasteiger partial charge on any atom is 0.229 e. The van der Waals surface area contributed by atoms with Crippen LogP contribution >= 0.6 is 0 Å². The van der Waals surface area contributed by atoms with E-state index in [2.05, 4.69) is 39.9 Å².